The second-order valence-corrected chi connectivity index (χ2v) is 4.88. The maximum absolute atomic E-state index is 10.8. The van der Waals surface area contributed by atoms with Crippen molar-refractivity contribution in [1.82, 2.24) is 10.2 Å². The topological polar surface area (TPSA) is 58.4 Å². The van der Waals surface area contributed by atoms with Crippen molar-refractivity contribution in [3.05, 3.63) is 0 Å². The standard InChI is InChI=1S/C10H21N3O/c1-10(2,3)13-7-5-4-6-8(13)12-9(11)14/h8H,4-7H2,1-3H3,(H3,11,12,14). The summed E-state index contributed by atoms with van der Waals surface area (Å²) in [5.74, 6) is 0. The molecule has 4 nitrogen and oxygen atoms in total. The number of hydrogen-bond acceptors (Lipinski definition) is 2. The molecule has 1 aliphatic rings. The Balaban J connectivity index is 2.64. The van der Waals surface area contributed by atoms with Crippen LogP contribution < -0.4 is 11.1 Å². The summed E-state index contributed by atoms with van der Waals surface area (Å²) in [6.07, 6.45) is 3.48. The molecule has 1 fully saturated rings. The maximum atomic E-state index is 10.8. The predicted molar refractivity (Wildman–Crippen MR) is 56.8 cm³/mol. The van der Waals surface area contributed by atoms with E-state index >= 15 is 0 Å². The molecule has 1 rings (SSSR count). The van der Waals surface area contributed by atoms with Crippen LogP contribution in [0.2, 0.25) is 0 Å². The van der Waals surface area contributed by atoms with Crippen LogP contribution in [-0.2, 0) is 0 Å². The van der Waals surface area contributed by atoms with Crippen molar-refractivity contribution in [3.63, 3.8) is 0 Å². The van der Waals surface area contributed by atoms with Crippen LogP contribution >= 0.6 is 0 Å². The van der Waals surface area contributed by atoms with Crippen molar-refractivity contribution >= 4 is 6.03 Å². The van der Waals surface area contributed by atoms with Gasteiger partial charge in [-0.2, -0.15) is 0 Å². The van der Waals surface area contributed by atoms with Crippen LogP contribution in [0.5, 0.6) is 0 Å². The Morgan fingerprint density at radius 3 is 2.57 bits per heavy atom. The third-order valence-electron chi connectivity index (χ3n) is 2.67. The summed E-state index contributed by atoms with van der Waals surface area (Å²) in [6.45, 7) is 7.52. The SMILES string of the molecule is CC(C)(C)N1CCCCC1NC(N)=O. The van der Waals surface area contributed by atoms with E-state index in [1.165, 1.54) is 6.42 Å². The Morgan fingerprint density at radius 1 is 1.43 bits per heavy atom. The highest BCUT2D eigenvalue weighted by molar-refractivity contribution is 5.71. The Kier molecular flexibility index (Phi) is 3.37. The third kappa shape index (κ3) is 2.87. The molecule has 4 heteroatoms. The molecular weight excluding hydrogens is 178 g/mol. The van der Waals surface area contributed by atoms with Gasteiger partial charge in [0, 0.05) is 12.1 Å². The summed E-state index contributed by atoms with van der Waals surface area (Å²) in [4.78, 5) is 13.1. The molecule has 1 aliphatic heterocycles. The van der Waals surface area contributed by atoms with Gasteiger partial charge >= 0.3 is 6.03 Å². The van der Waals surface area contributed by atoms with Crippen LogP contribution in [0.15, 0.2) is 0 Å². The number of primary amides is 1. The first-order valence-electron chi connectivity index (χ1n) is 5.24. The fourth-order valence-electron chi connectivity index (χ4n) is 2.05. The Hall–Kier alpha value is -0.770. The van der Waals surface area contributed by atoms with E-state index < -0.39 is 6.03 Å². The lowest BCUT2D eigenvalue weighted by Gasteiger charge is -2.44. The highest BCUT2D eigenvalue weighted by atomic mass is 16.2. The second kappa shape index (κ2) is 4.17. The van der Waals surface area contributed by atoms with E-state index in [4.69, 9.17) is 5.73 Å². The molecule has 1 heterocycles. The van der Waals surface area contributed by atoms with Gasteiger partial charge in [-0.15, -0.1) is 0 Å². The van der Waals surface area contributed by atoms with Crippen molar-refractivity contribution < 1.29 is 4.79 Å². The molecule has 0 aromatic heterocycles. The number of nitrogens with zero attached hydrogens (tertiary/aromatic N) is 1. The first kappa shape index (κ1) is 11.3. The lowest BCUT2D eigenvalue weighted by Crippen LogP contribution is -2.58. The van der Waals surface area contributed by atoms with Gasteiger partial charge in [0.2, 0.25) is 0 Å². The van der Waals surface area contributed by atoms with E-state index in [0.717, 1.165) is 19.4 Å². The fraction of sp³-hybridized carbons (Fsp3) is 0.900. The first-order chi connectivity index (χ1) is 6.41. The number of urea groups is 1. The number of likely N-dealkylation sites (tertiary alicyclic amines) is 1. The number of nitrogens with two attached hydrogens (primary N) is 1. The van der Waals surface area contributed by atoms with Gasteiger partial charge in [-0.05, 0) is 40.0 Å². The number of carbonyl (C=O) groups is 1. The monoisotopic (exact) mass is 199 g/mol. The summed E-state index contributed by atoms with van der Waals surface area (Å²) >= 11 is 0. The maximum Gasteiger partial charge on any atom is 0.313 e. The summed E-state index contributed by atoms with van der Waals surface area (Å²) < 4.78 is 0. The van der Waals surface area contributed by atoms with Gasteiger partial charge in [-0.3, -0.25) is 4.90 Å². The van der Waals surface area contributed by atoms with Crippen molar-refractivity contribution in [3.8, 4) is 0 Å². The molecule has 1 atom stereocenters. The van der Waals surface area contributed by atoms with Crippen molar-refractivity contribution in [2.75, 3.05) is 6.54 Å². The smallest absolute Gasteiger partial charge is 0.313 e. The lowest BCUT2D eigenvalue weighted by atomic mass is 9.98. The molecule has 0 aliphatic carbocycles. The summed E-state index contributed by atoms with van der Waals surface area (Å²) in [5.41, 5.74) is 5.24. The van der Waals surface area contributed by atoms with Gasteiger partial charge in [-0.25, -0.2) is 4.79 Å². The van der Waals surface area contributed by atoms with Crippen LogP contribution in [0.3, 0.4) is 0 Å². The molecule has 14 heavy (non-hydrogen) atoms. The van der Waals surface area contributed by atoms with E-state index in [0.29, 0.717) is 0 Å². The molecule has 0 saturated carbocycles. The highest BCUT2D eigenvalue weighted by Gasteiger charge is 2.31. The molecule has 1 saturated heterocycles. The number of nitrogens with one attached hydrogen (secondary N) is 1. The van der Waals surface area contributed by atoms with Gasteiger partial charge < -0.3 is 11.1 Å². The van der Waals surface area contributed by atoms with Gasteiger partial charge in [-0.1, -0.05) is 0 Å². The molecule has 82 valence electrons. The van der Waals surface area contributed by atoms with Crippen LogP contribution in [0.4, 0.5) is 4.79 Å². The third-order valence-corrected chi connectivity index (χ3v) is 2.67. The highest BCUT2D eigenvalue weighted by Crippen LogP contribution is 2.23. The zero-order valence-corrected chi connectivity index (χ0v) is 9.34. The normalized spacial score (nSPS) is 24.6. The van der Waals surface area contributed by atoms with Gasteiger partial charge in [0.1, 0.15) is 0 Å². The van der Waals surface area contributed by atoms with Gasteiger partial charge in [0.15, 0.2) is 0 Å². The van der Waals surface area contributed by atoms with Crippen LogP contribution in [0.25, 0.3) is 0 Å². The number of carbonyl (C=O) groups excluding carboxylic acids is 1. The minimum absolute atomic E-state index is 0.0908. The largest absolute Gasteiger partial charge is 0.352 e. The Labute approximate surface area is 85.8 Å². The minimum Gasteiger partial charge on any atom is -0.352 e. The van der Waals surface area contributed by atoms with E-state index in [1.54, 1.807) is 0 Å². The molecule has 0 aromatic carbocycles. The summed E-state index contributed by atoms with van der Waals surface area (Å²) in [6, 6.07) is -0.425. The van der Waals surface area contributed by atoms with E-state index in [-0.39, 0.29) is 11.7 Å². The zero-order valence-electron chi connectivity index (χ0n) is 9.34. The summed E-state index contributed by atoms with van der Waals surface area (Å²) in [5, 5.41) is 2.80. The van der Waals surface area contributed by atoms with Gasteiger partial charge in [0.05, 0.1) is 6.17 Å². The average molecular weight is 199 g/mol. The molecule has 1 unspecified atom stereocenters. The minimum atomic E-state index is -0.425. The molecule has 0 bridgehead atoms. The Bertz CT molecular complexity index is 210. The van der Waals surface area contributed by atoms with E-state index in [9.17, 15) is 4.79 Å². The molecule has 0 spiro atoms. The van der Waals surface area contributed by atoms with E-state index in [2.05, 4.69) is 31.0 Å². The number of piperidine rings is 1. The predicted octanol–water partition coefficient (Wildman–Crippen LogP) is 1.27. The van der Waals surface area contributed by atoms with Crippen molar-refractivity contribution in [2.45, 2.75) is 51.7 Å². The average Bonchev–Trinajstić information content (AvgIpc) is 2.01. The van der Waals surface area contributed by atoms with Crippen molar-refractivity contribution in [1.29, 1.82) is 0 Å². The van der Waals surface area contributed by atoms with Crippen LogP contribution in [0.1, 0.15) is 40.0 Å². The first-order valence-corrected chi connectivity index (χ1v) is 5.24. The Morgan fingerprint density at radius 2 is 2.07 bits per heavy atom. The molecule has 2 amide bonds. The van der Waals surface area contributed by atoms with Crippen LogP contribution in [-0.4, -0.2) is 29.2 Å². The van der Waals surface area contributed by atoms with E-state index in [1.807, 2.05) is 0 Å². The molecular formula is C10H21N3O. The van der Waals surface area contributed by atoms with Gasteiger partial charge in [0.25, 0.3) is 0 Å². The number of hydrogen-bond donors (Lipinski definition) is 2. The zero-order chi connectivity index (χ0) is 10.8. The number of amides is 2. The second-order valence-electron chi connectivity index (χ2n) is 4.88. The lowest BCUT2D eigenvalue weighted by molar-refractivity contribution is 0.0401. The van der Waals surface area contributed by atoms with Crippen LogP contribution in [0, 0.1) is 0 Å². The molecule has 0 radical (unpaired) electrons. The summed E-state index contributed by atoms with van der Waals surface area (Å²) in [7, 11) is 0. The fourth-order valence-corrected chi connectivity index (χ4v) is 2.05. The van der Waals surface area contributed by atoms with Crippen molar-refractivity contribution in [2.24, 2.45) is 5.73 Å². The number of rotatable bonds is 1. The quantitative estimate of drug-likeness (QED) is 0.668. The molecule has 3 N–H and O–H groups in total. The molecule has 0 aromatic rings.